The van der Waals surface area contributed by atoms with E-state index in [-0.39, 0.29) is 41.4 Å². The van der Waals surface area contributed by atoms with Crippen molar-refractivity contribution >= 4 is 23.5 Å². The van der Waals surface area contributed by atoms with E-state index in [1.165, 1.54) is 12.3 Å². The highest BCUT2D eigenvalue weighted by Gasteiger charge is 2.32. The van der Waals surface area contributed by atoms with Crippen LogP contribution in [0.3, 0.4) is 0 Å². The fourth-order valence-corrected chi connectivity index (χ4v) is 3.07. The van der Waals surface area contributed by atoms with Crippen LogP contribution in [0.25, 0.3) is 0 Å². The van der Waals surface area contributed by atoms with Crippen LogP contribution in [0, 0.1) is 17.1 Å². The Labute approximate surface area is 148 Å². The lowest BCUT2D eigenvalue weighted by atomic mass is 10.2. The van der Waals surface area contributed by atoms with Crippen LogP contribution in [0.4, 0.5) is 10.2 Å². The van der Waals surface area contributed by atoms with Gasteiger partial charge in [0.15, 0.2) is 5.16 Å². The highest BCUT2D eigenvalue weighted by Crippen LogP contribution is 2.30. The minimum Gasteiger partial charge on any atom is -0.382 e. The number of nitriles is 1. The van der Waals surface area contributed by atoms with Crippen LogP contribution in [-0.2, 0) is 11.3 Å². The molecule has 1 aromatic heterocycles. The van der Waals surface area contributed by atoms with Gasteiger partial charge in [0.05, 0.1) is 11.9 Å². The third-order valence-electron chi connectivity index (χ3n) is 3.85. The third kappa shape index (κ3) is 4.25. The smallest absolute Gasteiger partial charge is 0.233 e. The van der Waals surface area contributed by atoms with E-state index in [1.54, 1.807) is 23.1 Å². The molecule has 1 aliphatic rings. The van der Waals surface area contributed by atoms with Gasteiger partial charge in [-0.1, -0.05) is 30.0 Å². The van der Waals surface area contributed by atoms with Gasteiger partial charge in [0.25, 0.3) is 0 Å². The summed E-state index contributed by atoms with van der Waals surface area (Å²) in [6, 6.07) is 8.53. The molecule has 0 spiro atoms. The average Bonchev–Trinajstić information content (AvgIpc) is 3.44. The Morgan fingerprint density at radius 1 is 1.44 bits per heavy atom. The molecule has 0 bridgehead atoms. The van der Waals surface area contributed by atoms with E-state index < -0.39 is 0 Å². The zero-order valence-corrected chi connectivity index (χ0v) is 14.2. The Balaban J connectivity index is 1.65. The summed E-state index contributed by atoms with van der Waals surface area (Å²) < 4.78 is 13.9. The Bertz CT molecular complexity index is 834. The van der Waals surface area contributed by atoms with Crippen LogP contribution in [0.5, 0.6) is 0 Å². The summed E-state index contributed by atoms with van der Waals surface area (Å²) in [7, 11) is 0. The lowest BCUT2D eigenvalue weighted by Crippen LogP contribution is -2.34. The molecule has 2 aromatic rings. The first-order valence-corrected chi connectivity index (χ1v) is 8.75. The molecule has 3 rings (SSSR count). The number of nitrogen functional groups attached to an aromatic ring is 1. The molecule has 0 radical (unpaired) electrons. The minimum absolute atomic E-state index is 0.0951. The lowest BCUT2D eigenvalue weighted by molar-refractivity contribution is -0.129. The number of rotatable bonds is 6. The molecule has 0 saturated heterocycles. The number of halogens is 1. The van der Waals surface area contributed by atoms with E-state index >= 15 is 0 Å². The predicted molar refractivity (Wildman–Crippen MR) is 91.9 cm³/mol. The van der Waals surface area contributed by atoms with Crippen LogP contribution < -0.4 is 5.73 Å². The van der Waals surface area contributed by atoms with Crippen molar-refractivity contribution in [1.29, 1.82) is 5.26 Å². The van der Waals surface area contributed by atoms with Crippen molar-refractivity contribution in [1.82, 2.24) is 14.9 Å². The van der Waals surface area contributed by atoms with Gasteiger partial charge in [0.1, 0.15) is 23.3 Å². The molecule has 2 N–H and O–H groups in total. The van der Waals surface area contributed by atoms with Crippen molar-refractivity contribution < 1.29 is 9.18 Å². The van der Waals surface area contributed by atoms with Gasteiger partial charge in [0, 0.05) is 18.2 Å². The number of hydrogen-bond donors (Lipinski definition) is 1. The second-order valence-corrected chi connectivity index (χ2v) is 6.64. The number of aromatic nitrogens is 2. The first kappa shape index (κ1) is 17.2. The van der Waals surface area contributed by atoms with E-state index in [1.807, 2.05) is 6.07 Å². The van der Waals surface area contributed by atoms with Gasteiger partial charge >= 0.3 is 0 Å². The quantitative estimate of drug-likeness (QED) is 0.630. The van der Waals surface area contributed by atoms with E-state index in [2.05, 4.69) is 9.97 Å². The number of amides is 1. The van der Waals surface area contributed by atoms with Crippen molar-refractivity contribution in [2.75, 3.05) is 11.5 Å². The van der Waals surface area contributed by atoms with E-state index in [4.69, 9.17) is 11.0 Å². The SMILES string of the molecule is N#Cc1cnc(SCC(=O)N(Cc2ccccc2F)C2CC2)nc1N. The summed E-state index contributed by atoms with van der Waals surface area (Å²) in [5, 5.41) is 9.16. The molecule has 1 saturated carbocycles. The first-order valence-electron chi connectivity index (χ1n) is 7.76. The molecule has 8 heteroatoms. The topological polar surface area (TPSA) is 95.9 Å². The fraction of sp³-hybridized carbons (Fsp3) is 0.294. The molecule has 0 atom stereocenters. The van der Waals surface area contributed by atoms with Gasteiger partial charge < -0.3 is 10.6 Å². The summed E-state index contributed by atoms with van der Waals surface area (Å²) in [6.07, 6.45) is 3.21. The van der Waals surface area contributed by atoms with Crippen molar-refractivity contribution in [3.63, 3.8) is 0 Å². The Morgan fingerprint density at radius 3 is 2.84 bits per heavy atom. The van der Waals surface area contributed by atoms with E-state index in [0.717, 1.165) is 24.6 Å². The molecular formula is C17H16FN5OS. The van der Waals surface area contributed by atoms with Crippen LogP contribution in [0.15, 0.2) is 35.6 Å². The minimum atomic E-state index is -0.309. The Morgan fingerprint density at radius 2 is 2.20 bits per heavy atom. The highest BCUT2D eigenvalue weighted by atomic mass is 32.2. The number of carbonyl (C=O) groups is 1. The monoisotopic (exact) mass is 357 g/mol. The lowest BCUT2D eigenvalue weighted by Gasteiger charge is -2.22. The van der Waals surface area contributed by atoms with Crippen LogP contribution in [0.1, 0.15) is 24.0 Å². The van der Waals surface area contributed by atoms with Gasteiger partial charge in [0.2, 0.25) is 5.91 Å². The maximum Gasteiger partial charge on any atom is 0.233 e. The molecule has 1 fully saturated rings. The molecule has 25 heavy (non-hydrogen) atoms. The normalized spacial score (nSPS) is 13.3. The number of nitrogens with two attached hydrogens (primary N) is 1. The number of thioether (sulfide) groups is 1. The number of hydrogen-bond acceptors (Lipinski definition) is 6. The molecular weight excluding hydrogens is 341 g/mol. The predicted octanol–water partition coefficient (Wildman–Crippen LogP) is 2.35. The second kappa shape index (κ2) is 7.49. The maximum atomic E-state index is 13.9. The summed E-state index contributed by atoms with van der Waals surface area (Å²) >= 11 is 1.15. The fourth-order valence-electron chi connectivity index (χ4n) is 2.36. The van der Waals surface area contributed by atoms with Crippen molar-refractivity contribution in [2.45, 2.75) is 30.6 Å². The van der Waals surface area contributed by atoms with Crippen molar-refractivity contribution in [3.05, 3.63) is 47.4 Å². The van der Waals surface area contributed by atoms with Gasteiger partial charge in [-0.15, -0.1) is 0 Å². The number of carbonyl (C=O) groups excluding carboxylic acids is 1. The summed E-state index contributed by atoms with van der Waals surface area (Å²) in [5.74, 6) is -0.173. The van der Waals surface area contributed by atoms with Gasteiger partial charge in [-0.3, -0.25) is 4.79 Å². The highest BCUT2D eigenvalue weighted by molar-refractivity contribution is 7.99. The number of benzene rings is 1. The Kier molecular flexibility index (Phi) is 5.14. The molecule has 1 heterocycles. The zero-order chi connectivity index (χ0) is 17.8. The number of anilines is 1. The standard InChI is InChI=1S/C17H16FN5OS/c18-14-4-2-1-3-11(14)9-23(13-5-6-13)15(24)10-25-17-21-8-12(7-19)16(20)22-17/h1-4,8,13H,5-6,9-10H2,(H2,20,21,22). The molecule has 0 aliphatic heterocycles. The van der Waals surface area contributed by atoms with Crippen LogP contribution >= 0.6 is 11.8 Å². The van der Waals surface area contributed by atoms with Crippen molar-refractivity contribution in [3.8, 4) is 6.07 Å². The summed E-state index contributed by atoms with van der Waals surface area (Å²) in [4.78, 5) is 22.3. The maximum absolute atomic E-state index is 13.9. The molecule has 6 nitrogen and oxygen atoms in total. The average molecular weight is 357 g/mol. The van der Waals surface area contributed by atoms with Crippen LogP contribution in [-0.4, -0.2) is 32.6 Å². The Hall–Kier alpha value is -2.66. The second-order valence-electron chi connectivity index (χ2n) is 5.70. The molecule has 0 unspecified atom stereocenters. The molecule has 1 amide bonds. The van der Waals surface area contributed by atoms with E-state index in [0.29, 0.717) is 10.7 Å². The molecule has 128 valence electrons. The van der Waals surface area contributed by atoms with Gasteiger partial charge in [-0.05, 0) is 18.9 Å². The summed E-state index contributed by atoms with van der Waals surface area (Å²) in [5.41, 5.74) is 6.36. The van der Waals surface area contributed by atoms with Gasteiger partial charge in [-0.25, -0.2) is 14.4 Å². The van der Waals surface area contributed by atoms with E-state index in [9.17, 15) is 9.18 Å². The zero-order valence-electron chi connectivity index (χ0n) is 13.4. The third-order valence-corrected chi connectivity index (χ3v) is 4.69. The van der Waals surface area contributed by atoms with Crippen LogP contribution in [0.2, 0.25) is 0 Å². The van der Waals surface area contributed by atoms with Gasteiger partial charge in [-0.2, -0.15) is 5.26 Å². The summed E-state index contributed by atoms with van der Waals surface area (Å²) in [6.45, 7) is 0.257. The first-order chi connectivity index (χ1) is 12.1. The molecule has 1 aromatic carbocycles. The number of nitrogens with zero attached hydrogens (tertiary/aromatic N) is 4. The molecule has 1 aliphatic carbocycles. The van der Waals surface area contributed by atoms with Crippen molar-refractivity contribution in [2.24, 2.45) is 0 Å². The largest absolute Gasteiger partial charge is 0.382 e.